The summed E-state index contributed by atoms with van der Waals surface area (Å²) in [6, 6.07) is 0. The molecule has 0 aromatic carbocycles. The van der Waals surface area contributed by atoms with E-state index >= 15 is 0 Å². The molecule has 32 heavy (non-hydrogen) atoms. The molecule has 3 aliphatic rings. The summed E-state index contributed by atoms with van der Waals surface area (Å²) < 4.78 is 27.0. The summed E-state index contributed by atoms with van der Waals surface area (Å²) in [6.07, 6.45) is -20.4. The third-order valence-corrected chi connectivity index (χ3v) is 5.94. The lowest BCUT2D eigenvalue weighted by molar-refractivity contribution is -0.382. The van der Waals surface area contributed by atoms with Gasteiger partial charge in [-0.2, -0.15) is 0 Å². The van der Waals surface area contributed by atoms with Gasteiger partial charge >= 0.3 is 0 Å². The molecule has 9 N–H and O–H groups in total. The van der Waals surface area contributed by atoms with Crippen molar-refractivity contribution in [2.24, 2.45) is 0 Å². The van der Waals surface area contributed by atoms with E-state index in [0.29, 0.717) is 0 Å². The van der Waals surface area contributed by atoms with Gasteiger partial charge in [-0.15, -0.1) is 0 Å². The molecule has 0 saturated carbocycles. The molecule has 0 amide bonds. The van der Waals surface area contributed by atoms with Gasteiger partial charge < -0.3 is 69.6 Å². The van der Waals surface area contributed by atoms with Gasteiger partial charge in [0.2, 0.25) is 0 Å². The maximum Gasteiger partial charge on any atom is 0.187 e. The molecule has 14 heteroatoms. The van der Waals surface area contributed by atoms with Crippen LogP contribution in [0.4, 0.5) is 0 Å². The quantitative estimate of drug-likeness (QED) is 0.176. The van der Waals surface area contributed by atoms with Crippen molar-refractivity contribution in [3.05, 3.63) is 0 Å². The van der Waals surface area contributed by atoms with E-state index < -0.39 is 99.2 Å². The lowest BCUT2D eigenvalue weighted by Crippen LogP contribution is -2.65. The largest absolute Gasteiger partial charge is 0.394 e. The molecule has 3 saturated heterocycles. The van der Waals surface area contributed by atoms with Crippen LogP contribution in [0.15, 0.2) is 0 Å². The van der Waals surface area contributed by atoms with E-state index in [2.05, 4.69) is 0 Å². The summed E-state index contributed by atoms with van der Waals surface area (Å²) in [5, 5.41) is 89.9. The van der Waals surface area contributed by atoms with E-state index in [0.717, 1.165) is 0 Å². The lowest BCUT2D eigenvalue weighted by Gasteiger charge is -2.47. The van der Waals surface area contributed by atoms with Crippen LogP contribution in [0.2, 0.25) is 0 Å². The van der Waals surface area contributed by atoms with Crippen LogP contribution in [-0.2, 0) is 23.7 Å². The summed E-state index contributed by atoms with van der Waals surface area (Å²) in [5.41, 5.74) is 0. The Hall–Kier alpha value is -0.560. The van der Waals surface area contributed by atoms with E-state index in [4.69, 9.17) is 23.7 Å². The van der Waals surface area contributed by atoms with E-state index in [1.165, 1.54) is 0 Å². The molecular weight excluding hydrogens is 440 g/mol. The monoisotopic (exact) mass is 472 g/mol. The van der Waals surface area contributed by atoms with Crippen LogP contribution in [0.5, 0.6) is 0 Å². The minimum absolute atomic E-state index is 0.0879. The molecule has 0 radical (unpaired) electrons. The first-order chi connectivity index (χ1) is 15.1. The van der Waals surface area contributed by atoms with Gasteiger partial charge in [-0.1, -0.05) is 0 Å². The van der Waals surface area contributed by atoms with Gasteiger partial charge in [0, 0.05) is 6.42 Å². The summed E-state index contributed by atoms with van der Waals surface area (Å²) in [6.45, 7) is 0.126. The van der Waals surface area contributed by atoms with E-state index in [-0.39, 0.29) is 6.42 Å². The van der Waals surface area contributed by atoms with Gasteiger partial charge in [-0.3, -0.25) is 0 Å². The van der Waals surface area contributed by atoms with Gasteiger partial charge in [0.1, 0.15) is 54.9 Å². The molecule has 188 valence electrons. The van der Waals surface area contributed by atoms with Crippen molar-refractivity contribution in [3.8, 4) is 0 Å². The second kappa shape index (κ2) is 10.8. The predicted molar refractivity (Wildman–Crippen MR) is 98.5 cm³/mol. The zero-order chi connectivity index (χ0) is 23.7. The zero-order valence-electron chi connectivity index (χ0n) is 17.3. The Morgan fingerprint density at radius 1 is 0.656 bits per heavy atom. The van der Waals surface area contributed by atoms with Crippen LogP contribution in [0, 0.1) is 0 Å². The van der Waals surface area contributed by atoms with Crippen molar-refractivity contribution in [1.29, 1.82) is 0 Å². The maximum atomic E-state index is 10.6. The Morgan fingerprint density at radius 3 is 1.88 bits per heavy atom. The number of ether oxygens (including phenoxy) is 5. The first kappa shape index (κ1) is 26.1. The van der Waals surface area contributed by atoms with Crippen molar-refractivity contribution in [1.82, 2.24) is 0 Å². The summed E-state index contributed by atoms with van der Waals surface area (Å²) in [4.78, 5) is 0. The number of aliphatic hydroxyl groups is 9. The highest BCUT2D eigenvalue weighted by atomic mass is 16.8. The summed E-state index contributed by atoms with van der Waals surface area (Å²) in [7, 11) is 0. The fraction of sp³-hybridized carbons (Fsp3) is 1.00. The van der Waals surface area contributed by atoms with Crippen LogP contribution >= 0.6 is 0 Å². The van der Waals surface area contributed by atoms with Crippen molar-refractivity contribution in [3.63, 3.8) is 0 Å². The Balaban J connectivity index is 1.79. The van der Waals surface area contributed by atoms with E-state index in [1.807, 2.05) is 0 Å². The van der Waals surface area contributed by atoms with E-state index in [9.17, 15) is 46.0 Å². The Labute approximate surface area is 183 Å². The number of hydrogen-bond acceptors (Lipinski definition) is 14. The predicted octanol–water partition coefficient (Wildman–Crippen LogP) is -5.52. The molecule has 14 nitrogen and oxygen atoms in total. The van der Waals surface area contributed by atoms with Gasteiger partial charge in [0.15, 0.2) is 18.9 Å². The second-order valence-corrected chi connectivity index (χ2v) is 8.22. The molecule has 0 aliphatic carbocycles. The van der Waals surface area contributed by atoms with Gasteiger partial charge in [-0.05, 0) is 6.92 Å². The van der Waals surface area contributed by atoms with Gasteiger partial charge in [-0.25, -0.2) is 0 Å². The van der Waals surface area contributed by atoms with Crippen molar-refractivity contribution >= 4 is 0 Å². The standard InChI is InChI=1S/C18H32O14/c1-5-6(21)2-7(22)17(28-5)31-14-11(24)9(4-20)29-16(27)15(14)32-18-13(26)12(25)10(23)8(3-19)30-18/h5-27H,2-4H2,1H3/t5-,6+,7-,8-,9-,10+,11-,12+,13-,14+,15+,16+,17-,18+/m1/s1. The minimum atomic E-state index is -1.82. The minimum Gasteiger partial charge on any atom is -0.394 e. The summed E-state index contributed by atoms with van der Waals surface area (Å²) >= 11 is 0. The Bertz CT molecular complexity index is 594. The lowest BCUT2D eigenvalue weighted by atomic mass is 9.96. The number of rotatable bonds is 6. The third kappa shape index (κ3) is 5.24. The van der Waals surface area contributed by atoms with Crippen LogP contribution in [0.25, 0.3) is 0 Å². The summed E-state index contributed by atoms with van der Waals surface area (Å²) in [5.74, 6) is 0. The Morgan fingerprint density at radius 2 is 1.25 bits per heavy atom. The average molecular weight is 472 g/mol. The first-order valence-electron chi connectivity index (χ1n) is 10.3. The molecule has 0 aromatic heterocycles. The fourth-order valence-corrected chi connectivity index (χ4v) is 3.91. The average Bonchev–Trinajstić information content (AvgIpc) is 2.76. The number of hydrogen-bond donors (Lipinski definition) is 9. The molecule has 3 aliphatic heterocycles. The maximum absolute atomic E-state index is 10.6. The second-order valence-electron chi connectivity index (χ2n) is 8.22. The van der Waals surface area contributed by atoms with Gasteiger partial charge in [0.25, 0.3) is 0 Å². The van der Waals surface area contributed by atoms with Crippen LogP contribution < -0.4 is 0 Å². The highest BCUT2D eigenvalue weighted by Gasteiger charge is 2.52. The Kier molecular flexibility index (Phi) is 8.79. The third-order valence-electron chi connectivity index (χ3n) is 5.94. The molecule has 0 spiro atoms. The fourth-order valence-electron chi connectivity index (χ4n) is 3.91. The van der Waals surface area contributed by atoms with Crippen LogP contribution in [0.3, 0.4) is 0 Å². The molecule has 3 rings (SSSR count). The zero-order valence-corrected chi connectivity index (χ0v) is 17.3. The van der Waals surface area contributed by atoms with Crippen molar-refractivity contribution < 1.29 is 69.6 Å². The van der Waals surface area contributed by atoms with Gasteiger partial charge in [0.05, 0.1) is 25.4 Å². The molecule has 14 atom stereocenters. The molecule has 0 aromatic rings. The van der Waals surface area contributed by atoms with Crippen molar-refractivity contribution in [2.45, 2.75) is 99.4 Å². The van der Waals surface area contributed by atoms with Crippen LogP contribution in [0.1, 0.15) is 13.3 Å². The van der Waals surface area contributed by atoms with E-state index in [1.54, 1.807) is 6.92 Å². The molecule has 0 unspecified atom stereocenters. The SMILES string of the molecule is C[C@H]1O[C@H](O[C@H]2[C@H](O)[C@@H](CO)O[C@H](O)[C@H]2O[C@@H]2O[C@H](CO)[C@H](O)[C@H](O)[C@H]2O)[C@H](O)C[C@@H]1O. The van der Waals surface area contributed by atoms with Crippen molar-refractivity contribution in [2.75, 3.05) is 13.2 Å². The molecule has 0 bridgehead atoms. The number of aliphatic hydroxyl groups excluding tert-OH is 9. The normalized spacial score (nSPS) is 52.7. The molecular formula is C18H32O14. The van der Waals surface area contributed by atoms with Crippen LogP contribution in [-0.4, -0.2) is 145 Å². The molecule has 3 fully saturated rings. The first-order valence-corrected chi connectivity index (χ1v) is 10.3. The smallest absolute Gasteiger partial charge is 0.187 e. The highest BCUT2D eigenvalue weighted by Crippen LogP contribution is 2.32. The molecule has 3 heterocycles. The topological polar surface area (TPSA) is 228 Å². The highest BCUT2D eigenvalue weighted by molar-refractivity contribution is 4.95.